The Kier molecular flexibility index (Phi) is 6.22. The van der Waals surface area contributed by atoms with Gasteiger partial charge < -0.3 is 4.74 Å². The monoisotopic (exact) mass is 336 g/mol. The lowest BCUT2D eigenvalue weighted by Crippen LogP contribution is -2.11. The van der Waals surface area contributed by atoms with Gasteiger partial charge in [-0.1, -0.05) is 27.7 Å². The molecule has 0 aliphatic carbocycles. The summed E-state index contributed by atoms with van der Waals surface area (Å²) in [5.41, 5.74) is 0.0253. The van der Waals surface area contributed by atoms with E-state index in [0.29, 0.717) is 18.0 Å². The Hall–Kier alpha value is -1.08. The summed E-state index contributed by atoms with van der Waals surface area (Å²) < 4.78 is 28.4. The van der Waals surface area contributed by atoms with Gasteiger partial charge in [-0.2, -0.15) is 5.10 Å². The van der Waals surface area contributed by atoms with Crippen molar-refractivity contribution >= 4 is 25.7 Å². The van der Waals surface area contributed by atoms with Crippen molar-refractivity contribution in [2.45, 2.75) is 51.3 Å². The number of ether oxygens (including phenoxy) is 1. The average Bonchev–Trinajstić information content (AvgIpc) is 2.78. The van der Waals surface area contributed by atoms with Crippen LogP contribution in [0.25, 0.3) is 0 Å². The number of carbonyl (C=O) groups is 1. The summed E-state index contributed by atoms with van der Waals surface area (Å²) in [6.45, 7) is 7.92. The number of rotatable bonds is 7. The maximum atomic E-state index is 12.0. The van der Waals surface area contributed by atoms with Gasteiger partial charge in [0, 0.05) is 10.7 Å². The van der Waals surface area contributed by atoms with Gasteiger partial charge in [0.1, 0.15) is 4.90 Å². The van der Waals surface area contributed by atoms with Crippen molar-refractivity contribution in [1.29, 1.82) is 0 Å². The van der Waals surface area contributed by atoms with Crippen LogP contribution in [-0.4, -0.2) is 31.2 Å². The molecule has 1 aromatic heterocycles. The molecule has 0 bridgehead atoms. The van der Waals surface area contributed by atoms with E-state index in [1.807, 2.05) is 0 Å². The first-order chi connectivity index (χ1) is 9.64. The Labute approximate surface area is 129 Å². The lowest BCUT2D eigenvalue weighted by molar-refractivity contribution is 0.0483. The van der Waals surface area contributed by atoms with Crippen molar-refractivity contribution in [1.82, 2.24) is 10.2 Å². The summed E-state index contributed by atoms with van der Waals surface area (Å²) in [6.07, 6.45) is 1.64. The van der Waals surface area contributed by atoms with Crippen molar-refractivity contribution < 1.29 is 17.9 Å². The van der Waals surface area contributed by atoms with E-state index >= 15 is 0 Å². The van der Waals surface area contributed by atoms with Crippen molar-refractivity contribution in [3.05, 3.63) is 11.4 Å². The van der Waals surface area contributed by atoms with Crippen LogP contribution in [0.2, 0.25) is 0 Å². The molecule has 0 atom stereocenters. The molecule has 21 heavy (non-hydrogen) atoms. The van der Waals surface area contributed by atoms with Gasteiger partial charge >= 0.3 is 5.97 Å². The van der Waals surface area contributed by atoms with Crippen LogP contribution in [0.1, 0.15) is 62.6 Å². The van der Waals surface area contributed by atoms with Crippen LogP contribution in [0.4, 0.5) is 0 Å². The van der Waals surface area contributed by atoms with Gasteiger partial charge in [0.15, 0.2) is 5.69 Å². The molecule has 120 valence electrons. The van der Waals surface area contributed by atoms with E-state index in [-0.39, 0.29) is 23.1 Å². The fraction of sp³-hybridized carbons (Fsp3) is 0.692. The normalized spacial score (nSPS) is 12.1. The zero-order valence-electron chi connectivity index (χ0n) is 12.6. The average molecular weight is 337 g/mol. The van der Waals surface area contributed by atoms with E-state index in [2.05, 4.69) is 24.0 Å². The fourth-order valence-corrected chi connectivity index (χ4v) is 3.22. The molecule has 0 spiro atoms. The van der Waals surface area contributed by atoms with Gasteiger partial charge in [-0.3, -0.25) is 5.10 Å². The molecule has 0 amide bonds. The lowest BCUT2D eigenvalue weighted by atomic mass is 10.1. The molecule has 1 N–H and O–H groups in total. The number of esters is 1. The molecule has 8 heteroatoms. The molecule has 6 nitrogen and oxygen atoms in total. The molecule has 0 aromatic carbocycles. The third kappa shape index (κ3) is 5.00. The molecule has 0 unspecified atom stereocenters. The second-order valence-corrected chi connectivity index (χ2v) is 8.08. The summed E-state index contributed by atoms with van der Waals surface area (Å²) in [5.74, 6) is -0.426. The number of H-pyrrole nitrogens is 1. The minimum absolute atomic E-state index is 0.163. The number of carbonyl (C=O) groups excluding carboxylic acids is 1. The first kappa shape index (κ1) is 18.0. The van der Waals surface area contributed by atoms with E-state index in [1.54, 1.807) is 13.8 Å². The van der Waals surface area contributed by atoms with Crippen LogP contribution < -0.4 is 0 Å². The zero-order chi connectivity index (χ0) is 16.2. The number of nitrogens with zero attached hydrogens (tertiary/aromatic N) is 1. The van der Waals surface area contributed by atoms with E-state index in [0.717, 1.165) is 6.42 Å². The second kappa shape index (κ2) is 7.26. The zero-order valence-corrected chi connectivity index (χ0v) is 14.2. The Morgan fingerprint density at radius 3 is 2.43 bits per heavy atom. The fourth-order valence-electron chi connectivity index (χ4n) is 1.85. The van der Waals surface area contributed by atoms with E-state index < -0.39 is 15.0 Å². The number of hydrogen-bond acceptors (Lipinski definition) is 5. The topological polar surface area (TPSA) is 89.1 Å². The third-order valence-corrected chi connectivity index (χ3v) is 4.29. The van der Waals surface area contributed by atoms with Crippen LogP contribution in [0.5, 0.6) is 0 Å². The Balaban J connectivity index is 2.90. The van der Waals surface area contributed by atoms with Crippen molar-refractivity contribution in [2.24, 2.45) is 5.92 Å². The van der Waals surface area contributed by atoms with Crippen LogP contribution in [-0.2, 0) is 13.8 Å². The Morgan fingerprint density at radius 1 is 1.33 bits per heavy atom. The van der Waals surface area contributed by atoms with Gasteiger partial charge in [0.05, 0.1) is 12.3 Å². The predicted octanol–water partition coefficient (Wildman–Crippen LogP) is 3.05. The van der Waals surface area contributed by atoms with Gasteiger partial charge in [-0.25, -0.2) is 13.2 Å². The van der Waals surface area contributed by atoms with Crippen molar-refractivity contribution in [3.63, 3.8) is 0 Å². The third-order valence-electron chi connectivity index (χ3n) is 2.92. The number of aromatic amines is 1. The van der Waals surface area contributed by atoms with Gasteiger partial charge in [-0.15, -0.1) is 0 Å². The van der Waals surface area contributed by atoms with Crippen LogP contribution in [0.15, 0.2) is 4.90 Å². The van der Waals surface area contributed by atoms with Crippen molar-refractivity contribution in [2.75, 3.05) is 6.61 Å². The number of nitrogens with one attached hydrogen (secondary N) is 1. The van der Waals surface area contributed by atoms with E-state index in [4.69, 9.17) is 15.4 Å². The first-order valence-electron chi connectivity index (χ1n) is 6.84. The van der Waals surface area contributed by atoms with E-state index in [1.165, 1.54) is 0 Å². The molecule has 0 saturated carbocycles. The molecule has 0 aliphatic rings. The summed E-state index contributed by atoms with van der Waals surface area (Å²) in [7, 11) is 1.33. The second-order valence-electron chi connectivity index (χ2n) is 5.58. The SMILES string of the molecule is CC(C)CCCOC(=O)c1n[nH]c(C(C)C)c1S(=O)(=O)Cl. The van der Waals surface area contributed by atoms with Crippen LogP contribution in [0.3, 0.4) is 0 Å². The smallest absolute Gasteiger partial charge is 0.360 e. The minimum Gasteiger partial charge on any atom is -0.461 e. The highest BCUT2D eigenvalue weighted by molar-refractivity contribution is 8.13. The molecule has 1 heterocycles. The van der Waals surface area contributed by atoms with E-state index in [9.17, 15) is 13.2 Å². The number of halogens is 1. The van der Waals surface area contributed by atoms with Crippen LogP contribution in [0, 0.1) is 5.92 Å². The standard InChI is InChI=1S/C13H21ClN2O4S/c1-8(2)6-5-7-20-13(17)11-12(21(14,18)19)10(9(3)4)15-16-11/h8-9H,5-7H2,1-4H3,(H,15,16). The highest BCUT2D eigenvalue weighted by atomic mass is 35.7. The molecule has 0 aliphatic heterocycles. The molecule has 0 saturated heterocycles. The summed E-state index contributed by atoms with van der Waals surface area (Å²) >= 11 is 0. The predicted molar refractivity (Wildman–Crippen MR) is 80.1 cm³/mol. The molecule has 0 radical (unpaired) electrons. The summed E-state index contributed by atoms with van der Waals surface area (Å²) in [5, 5.41) is 6.31. The first-order valence-corrected chi connectivity index (χ1v) is 9.15. The Bertz CT molecular complexity index is 593. The molecular weight excluding hydrogens is 316 g/mol. The minimum atomic E-state index is -4.08. The van der Waals surface area contributed by atoms with Gasteiger partial charge in [0.25, 0.3) is 9.05 Å². The number of hydrogen-bond donors (Lipinski definition) is 1. The van der Waals surface area contributed by atoms with Gasteiger partial charge in [0.2, 0.25) is 0 Å². The lowest BCUT2D eigenvalue weighted by Gasteiger charge is -2.07. The summed E-state index contributed by atoms with van der Waals surface area (Å²) in [4.78, 5) is 11.7. The molecule has 1 aromatic rings. The Morgan fingerprint density at radius 2 is 1.95 bits per heavy atom. The maximum absolute atomic E-state index is 12.0. The van der Waals surface area contributed by atoms with Crippen molar-refractivity contribution in [3.8, 4) is 0 Å². The maximum Gasteiger partial charge on any atom is 0.360 e. The van der Waals surface area contributed by atoms with Crippen LogP contribution >= 0.6 is 10.7 Å². The molecule has 1 rings (SSSR count). The molecular formula is C13H21ClN2O4S. The largest absolute Gasteiger partial charge is 0.461 e. The highest BCUT2D eigenvalue weighted by Crippen LogP contribution is 2.28. The van der Waals surface area contributed by atoms with Gasteiger partial charge in [-0.05, 0) is 24.7 Å². The quantitative estimate of drug-likeness (QED) is 0.469. The number of aromatic nitrogens is 2. The summed E-state index contributed by atoms with van der Waals surface area (Å²) in [6, 6.07) is 0. The highest BCUT2D eigenvalue weighted by Gasteiger charge is 2.30. The molecule has 0 fully saturated rings.